The van der Waals surface area contributed by atoms with E-state index in [-0.39, 0.29) is 12.1 Å². The number of guanidine groups is 1. The van der Waals surface area contributed by atoms with Gasteiger partial charge in [0.2, 0.25) is 0 Å². The Morgan fingerprint density at radius 2 is 2.03 bits per heavy atom. The summed E-state index contributed by atoms with van der Waals surface area (Å²) in [7, 11) is 1.85. The first-order valence-electron chi connectivity index (χ1n) is 11.6. The topological polar surface area (TPSA) is 70.1 Å². The van der Waals surface area contributed by atoms with E-state index in [1.54, 1.807) is 11.3 Å². The molecule has 8 heteroatoms. The number of ether oxygens (including phenoxy) is 1. The molecule has 3 rings (SSSR count). The maximum Gasteiger partial charge on any atom is 0.410 e. The SMILES string of the molecule is CN=C(NCCCc1nc(C)cs1)N1CCC(N(CC2CC2)C(=O)OC(C)(C)C)CC1. The lowest BCUT2D eigenvalue weighted by atomic mass is 10.0. The van der Waals surface area contributed by atoms with Crippen LogP contribution in [0.1, 0.15) is 63.6 Å². The number of rotatable bonds is 7. The quantitative estimate of drug-likeness (QED) is 0.386. The lowest BCUT2D eigenvalue weighted by molar-refractivity contribution is 0.00928. The smallest absolute Gasteiger partial charge is 0.410 e. The Kier molecular flexibility index (Phi) is 8.19. The third kappa shape index (κ3) is 7.66. The summed E-state index contributed by atoms with van der Waals surface area (Å²) in [5, 5.41) is 6.81. The third-order valence-electron chi connectivity index (χ3n) is 5.71. The van der Waals surface area contributed by atoms with E-state index in [2.05, 4.69) is 25.6 Å². The number of aromatic nitrogens is 1. The predicted octanol–water partition coefficient (Wildman–Crippen LogP) is 4.07. The maximum absolute atomic E-state index is 12.8. The van der Waals surface area contributed by atoms with Crippen LogP contribution in [-0.4, -0.2) is 71.7 Å². The number of carbonyl (C=O) groups is 1. The van der Waals surface area contributed by atoms with Crippen LogP contribution in [0.2, 0.25) is 0 Å². The minimum absolute atomic E-state index is 0.155. The number of thiazole rings is 1. The fourth-order valence-electron chi connectivity index (χ4n) is 3.95. The summed E-state index contributed by atoms with van der Waals surface area (Å²) >= 11 is 1.74. The van der Waals surface area contributed by atoms with Crippen molar-refractivity contribution in [3.05, 3.63) is 16.1 Å². The molecule has 1 aliphatic carbocycles. The number of hydrogen-bond acceptors (Lipinski definition) is 5. The van der Waals surface area contributed by atoms with E-state index < -0.39 is 5.60 Å². The molecule has 0 atom stereocenters. The molecule has 2 heterocycles. The fourth-order valence-corrected chi connectivity index (χ4v) is 4.77. The molecule has 1 saturated heterocycles. The number of amides is 1. The number of carbonyl (C=O) groups excluding carboxylic acids is 1. The molecule has 1 N–H and O–H groups in total. The van der Waals surface area contributed by atoms with Gasteiger partial charge in [-0.3, -0.25) is 4.99 Å². The summed E-state index contributed by atoms with van der Waals surface area (Å²) in [5.74, 6) is 1.61. The Balaban J connectivity index is 1.45. The van der Waals surface area contributed by atoms with Gasteiger partial charge in [0.1, 0.15) is 5.60 Å². The van der Waals surface area contributed by atoms with Crippen molar-refractivity contribution in [3.8, 4) is 0 Å². The van der Waals surface area contributed by atoms with Gasteiger partial charge in [0.25, 0.3) is 0 Å². The van der Waals surface area contributed by atoms with Crippen LogP contribution in [0.3, 0.4) is 0 Å². The molecule has 1 aromatic heterocycles. The Morgan fingerprint density at radius 1 is 1.32 bits per heavy atom. The van der Waals surface area contributed by atoms with Crippen LogP contribution >= 0.6 is 11.3 Å². The molecule has 0 radical (unpaired) electrons. The minimum Gasteiger partial charge on any atom is -0.444 e. The molecule has 0 aromatic carbocycles. The molecule has 31 heavy (non-hydrogen) atoms. The highest BCUT2D eigenvalue weighted by atomic mass is 32.1. The second kappa shape index (κ2) is 10.7. The second-order valence-corrected chi connectivity index (χ2v) is 10.7. The van der Waals surface area contributed by atoms with E-state index in [0.29, 0.717) is 5.92 Å². The van der Waals surface area contributed by atoms with Crippen LogP contribution in [0, 0.1) is 12.8 Å². The Bertz CT molecular complexity index is 745. The molecular weight excluding hydrogens is 410 g/mol. The monoisotopic (exact) mass is 449 g/mol. The largest absolute Gasteiger partial charge is 0.444 e. The Hall–Kier alpha value is -1.83. The summed E-state index contributed by atoms with van der Waals surface area (Å²) < 4.78 is 5.71. The van der Waals surface area contributed by atoms with Crippen molar-refractivity contribution >= 4 is 23.4 Å². The predicted molar refractivity (Wildman–Crippen MR) is 127 cm³/mol. The van der Waals surface area contributed by atoms with Crippen molar-refractivity contribution < 1.29 is 9.53 Å². The zero-order valence-corrected chi connectivity index (χ0v) is 20.6. The molecule has 174 valence electrons. The van der Waals surface area contributed by atoms with Crippen LogP contribution in [-0.2, 0) is 11.2 Å². The van der Waals surface area contributed by atoms with Crippen LogP contribution in [0.4, 0.5) is 4.79 Å². The van der Waals surface area contributed by atoms with Gasteiger partial charge in [-0.05, 0) is 65.7 Å². The third-order valence-corrected chi connectivity index (χ3v) is 6.74. The molecule has 2 fully saturated rings. The summed E-state index contributed by atoms with van der Waals surface area (Å²) in [5.41, 5.74) is 0.650. The number of likely N-dealkylation sites (tertiary alicyclic amines) is 1. The number of aryl methyl sites for hydroxylation is 2. The van der Waals surface area contributed by atoms with E-state index in [1.165, 1.54) is 17.8 Å². The first-order valence-corrected chi connectivity index (χ1v) is 12.5. The minimum atomic E-state index is -0.455. The highest BCUT2D eigenvalue weighted by Crippen LogP contribution is 2.32. The summed E-state index contributed by atoms with van der Waals surface area (Å²) in [6.07, 6.45) is 6.24. The molecule has 0 spiro atoms. The van der Waals surface area contributed by atoms with Crippen LogP contribution in [0.5, 0.6) is 0 Å². The molecule has 1 saturated carbocycles. The molecule has 0 bridgehead atoms. The number of hydrogen-bond donors (Lipinski definition) is 1. The standard InChI is InChI=1S/C23H39N5O2S/c1-17-16-31-20(26-17)7-6-12-25-21(24-5)27-13-10-19(11-14-27)28(15-18-8-9-18)22(29)30-23(2,3)4/h16,18-19H,6-15H2,1-5H3,(H,24,25). The Labute approximate surface area is 191 Å². The van der Waals surface area contributed by atoms with Gasteiger partial charge in [0.05, 0.1) is 5.01 Å². The van der Waals surface area contributed by atoms with Crippen molar-refractivity contribution in [2.24, 2.45) is 10.9 Å². The number of nitrogens with one attached hydrogen (secondary N) is 1. The Morgan fingerprint density at radius 3 is 2.58 bits per heavy atom. The van der Waals surface area contributed by atoms with Gasteiger partial charge in [-0.1, -0.05) is 0 Å². The van der Waals surface area contributed by atoms with Gasteiger partial charge >= 0.3 is 6.09 Å². The van der Waals surface area contributed by atoms with Crippen molar-refractivity contribution in [1.82, 2.24) is 20.1 Å². The van der Waals surface area contributed by atoms with Gasteiger partial charge in [-0.2, -0.15) is 0 Å². The van der Waals surface area contributed by atoms with E-state index in [9.17, 15) is 4.79 Å². The van der Waals surface area contributed by atoms with Crippen LogP contribution < -0.4 is 5.32 Å². The van der Waals surface area contributed by atoms with Crippen molar-refractivity contribution in [2.75, 3.05) is 33.2 Å². The fraction of sp³-hybridized carbons (Fsp3) is 0.783. The molecule has 0 unspecified atom stereocenters. The zero-order valence-electron chi connectivity index (χ0n) is 19.8. The molecule has 1 aromatic rings. The van der Waals surface area contributed by atoms with Crippen LogP contribution in [0.25, 0.3) is 0 Å². The molecule has 2 aliphatic rings. The second-order valence-electron chi connectivity index (χ2n) is 9.75. The molecule has 7 nitrogen and oxygen atoms in total. The van der Waals surface area contributed by atoms with Gasteiger partial charge in [-0.25, -0.2) is 9.78 Å². The van der Waals surface area contributed by atoms with Gasteiger partial charge in [0.15, 0.2) is 5.96 Å². The summed E-state index contributed by atoms with van der Waals surface area (Å²) in [4.78, 5) is 26.2. The number of nitrogens with zero attached hydrogens (tertiary/aromatic N) is 4. The first kappa shape index (κ1) is 23.8. The van der Waals surface area contributed by atoms with E-state index in [4.69, 9.17) is 4.74 Å². The van der Waals surface area contributed by atoms with Crippen molar-refractivity contribution in [3.63, 3.8) is 0 Å². The van der Waals surface area contributed by atoms with E-state index in [0.717, 1.165) is 63.5 Å². The molecule has 1 amide bonds. The van der Waals surface area contributed by atoms with E-state index >= 15 is 0 Å². The zero-order chi connectivity index (χ0) is 22.4. The van der Waals surface area contributed by atoms with E-state index in [1.807, 2.05) is 39.6 Å². The summed E-state index contributed by atoms with van der Waals surface area (Å²) in [6.45, 7) is 11.4. The first-order chi connectivity index (χ1) is 14.7. The lowest BCUT2D eigenvalue weighted by Gasteiger charge is -2.40. The number of piperidine rings is 1. The van der Waals surface area contributed by atoms with Crippen molar-refractivity contribution in [1.29, 1.82) is 0 Å². The highest BCUT2D eigenvalue weighted by molar-refractivity contribution is 7.09. The van der Waals surface area contributed by atoms with Gasteiger partial charge < -0.3 is 19.9 Å². The number of aliphatic imine (C=N–C) groups is 1. The molecular formula is C23H39N5O2S. The highest BCUT2D eigenvalue weighted by Gasteiger charge is 2.35. The average Bonchev–Trinajstić information content (AvgIpc) is 3.44. The van der Waals surface area contributed by atoms with Crippen LogP contribution in [0.15, 0.2) is 10.4 Å². The summed E-state index contributed by atoms with van der Waals surface area (Å²) in [6, 6.07) is 0.248. The maximum atomic E-state index is 12.8. The lowest BCUT2D eigenvalue weighted by Crippen LogP contribution is -2.52. The van der Waals surface area contributed by atoms with Crippen molar-refractivity contribution in [2.45, 2.75) is 77.9 Å². The molecule has 1 aliphatic heterocycles. The van der Waals surface area contributed by atoms with Gasteiger partial charge in [0, 0.05) is 56.8 Å². The normalized spacial score (nSPS) is 18.2. The average molecular weight is 450 g/mol. The van der Waals surface area contributed by atoms with Gasteiger partial charge in [-0.15, -0.1) is 11.3 Å².